The first-order valence-corrected chi connectivity index (χ1v) is 5.52. The lowest BCUT2D eigenvalue weighted by molar-refractivity contribution is -0.137. The number of carbonyl (C=O) groups excluding carboxylic acids is 1. The fourth-order valence-corrected chi connectivity index (χ4v) is 1.91. The van der Waals surface area contributed by atoms with Crippen LogP contribution in [0.15, 0.2) is 18.2 Å². The zero-order valence-corrected chi connectivity index (χ0v) is 9.88. The summed E-state index contributed by atoms with van der Waals surface area (Å²) in [7, 11) is 0. The average Bonchev–Trinajstić information content (AvgIpc) is 2.29. The van der Waals surface area contributed by atoms with E-state index in [4.69, 9.17) is 16.3 Å². The summed E-state index contributed by atoms with van der Waals surface area (Å²) >= 11 is 5.51. The van der Waals surface area contributed by atoms with Crippen molar-refractivity contribution in [3.8, 4) is 0 Å². The van der Waals surface area contributed by atoms with Crippen molar-refractivity contribution in [3.63, 3.8) is 0 Å². The molecule has 3 nitrogen and oxygen atoms in total. The van der Waals surface area contributed by atoms with Gasteiger partial charge in [0.2, 0.25) is 0 Å². The number of hydrogen-bond donors (Lipinski definition) is 0. The number of morpholine rings is 1. The van der Waals surface area contributed by atoms with Crippen LogP contribution in [0.3, 0.4) is 0 Å². The minimum Gasteiger partial charge on any atom is -0.370 e. The van der Waals surface area contributed by atoms with E-state index >= 15 is 0 Å². The molecule has 0 saturated carbocycles. The minimum atomic E-state index is -4.54. The molecule has 0 radical (unpaired) electrons. The highest BCUT2D eigenvalue weighted by Gasteiger charge is 2.34. The van der Waals surface area contributed by atoms with E-state index in [1.165, 1.54) is 11.0 Å². The number of anilines is 1. The standard InChI is InChI=1S/C11H9ClF3NO2/c12-9-2-1-7(5-8(9)11(13,14)15)16-3-4-18-6-10(16)17/h1-2,5H,3-4,6H2. The predicted molar refractivity (Wildman–Crippen MR) is 59.6 cm³/mol. The van der Waals surface area contributed by atoms with Gasteiger partial charge in [0.1, 0.15) is 6.61 Å². The number of halogens is 4. The number of hydrogen-bond acceptors (Lipinski definition) is 2. The van der Waals surface area contributed by atoms with Crippen LogP contribution < -0.4 is 4.90 Å². The third-order valence-corrected chi connectivity index (χ3v) is 2.88. The molecule has 1 aromatic carbocycles. The smallest absolute Gasteiger partial charge is 0.370 e. The summed E-state index contributed by atoms with van der Waals surface area (Å²) in [6.45, 7) is 0.414. The molecule has 1 amide bonds. The van der Waals surface area contributed by atoms with Crippen molar-refractivity contribution in [1.82, 2.24) is 0 Å². The maximum absolute atomic E-state index is 12.7. The first kappa shape index (κ1) is 13.2. The van der Waals surface area contributed by atoms with Crippen molar-refractivity contribution in [1.29, 1.82) is 0 Å². The molecule has 0 bridgehead atoms. The number of rotatable bonds is 1. The third kappa shape index (κ3) is 2.59. The van der Waals surface area contributed by atoms with Gasteiger partial charge in [0.15, 0.2) is 0 Å². The fourth-order valence-electron chi connectivity index (χ4n) is 1.69. The second-order valence-corrected chi connectivity index (χ2v) is 4.17. The average molecular weight is 280 g/mol. The minimum absolute atomic E-state index is 0.121. The SMILES string of the molecule is O=C1COCCN1c1ccc(Cl)c(C(F)(F)F)c1. The van der Waals surface area contributed by atoms with Crippen LogP contribution in [0.5, 0.6) is 0 Å². The molecule has 1 heterocycles. The summed E-state index contributed by atoms with van der Waals surface area (Å²) < 4.78 is 43.0. The first-order chi connectivity index (χ1) is 8.39. The summed E-state index contributed by atoms with van der Waals surface area (Å²) in [6, 6.07) is 3.41. The number of amides is 1. The Labute approximate surface area is 106 Å². The number of alkyl halides is 3. The number of carbonyl (C=O) groups is 1. The quantitative estimate of drug-likeness (QED) is 0.791. The molecule has 1 aliphatic heterocycles. The molecule has 2 rings (SSSR count). The Hall–Kier alpha value is -1.27. The number of ether oxygens (including phenoxy) is 1. The van der Waals surface area contributed by atoms with Crippen molar-refractivity contribution in [2.75, 3.05) is 24.7 Å². The first-order valence-electron chi connectivity index (χ1n) is 5.14. The lowest BCUT2D eigenvalue weighted by Crippen LogP contribution is -2.41. The molecular formula is C11H9ClF3NO2. The Morgan fingerprint density at radius 2 is 2.06 bits per heavy atom. The van der Waals surface area contributed by atoms with Gasteiger partial charge in [0, 0.05) is 12.2 Å². The Morgan fingerprint density at radius 3 is 2.67 bits per heavy atom. The summed E-state index contributed by atoms with van der Waals surface area (Å²) in [5.74, 6) is -0.364. The Bertz CT molecular complexity index is 476. The van der Waals surface area contributed by atoms with Gasteiger partial charge in [-0.3, -0.25) is 4.79 Å². The van der Waals surface area contributed by atoms with Crippen molar-refractivity contribution in [3.05, 3.63) is 28.8 Å². The van der Waals surface area contributed by atoms with Crippen LogP contribution in [0.2, 0.25) is 5.02 Å². The molecule has 1 saturated heterocycles. The number of benzene rings is 1. The highest BCUT2D eigenvalue weighted by Crippen LogP contribution is 2.37. The van der Waals surface area contributed by atoms with Crippen molar-refractivity contribution in [2.45, 2.75) is 6.18 Å². The second kappa shape index (κ2) is 4.78. The largest absolute Gasteiger partial charge is 0.417 e. The third-order valence-electron chi connectivity index (χ3n) is 2.55. The molecule has 98 valence electrons. The van der Waals surface area contributed by atoms with Crippen LogP contribution in [0.4, 0.5) is 18.9 Å². The van der Waals surface area contributed by atoms with Crippen molar-refractivity contribution in [2.24, 2.45) is 0 Å². The number of nitrogens with zero attached hydrogens (tertiary/aromatic N) is 1. The summed E-state index contributed by atoms with van der Waals surface area (Å²) in [5, 5.41) is -0.382. The van der Waals surface area contributed by atoms with Gasteiger partial charge in [-0.25, -0.2) is 0 Å². The molecule has 0 atom stereocenters. The van der Waals surface area contributed by atoms with E-state index in [0.29, 0.717) is 6.61 Å². The Balaban J connectivity index is 2.37. The zero-order valence-electron chi connectivity index (χ0n) is 9.13. The fraction of sp³-hybridized carbons (Fsp3) is 0.364. The van der Waals surface area contributed by atoms with E-state index in [1.807, 2.05) is 0 Å². The van der Waals surface area contributed by atoms with E-state index in [9.17, 15) is 18.0 Å². The molecule has 0 spiro atoms. The van der Waals surface area contributed by atoms with Gasteiger partial charge in [-0.1, -0.05) is 11.6 Å². The zero-order chi connectivity index (χ0) is 13.3. The van der Waals surface area contributed by atoms with E-state index in [0.717, 1.165) is 12.1 Å². The Kier molecular flexibility index (Phi) is 3.49. The highest BCUT2D eigenvalue weighted by molar-refractivity contribution is 6.31. The van der Waals surface area contributed by atoms with Gasteiger partial charge in [0.25, 0.3) is 5.91 Å². The molecule has 7 heteroatoms. The van der Waals surface area contributed by atoms with Crippen LogP contribution in [-0.2, 0) is 15.7 Å². The van der Waals surface area contributed by atoms with Crippen molar-refractivity contribution >= 4 is 23.2 Å². The molecule has 18 heavy (non-hydrogen) atoms. The van der Waals surface area contributed by atoms with Crippen LogP contribution in [0.1, 0.15) is 5.56 Å². The predicted octanol–water partition coefficient (Wildman–Crippen LogP) is 2.72. The maximum atomic E-state index is 12.7. The summed E-state index contributed by atoms with van der Waals surface area (Å²) in [5.41, 5.74) is -0.763. The molecule has 1 aliphatic rings. The molecular weight excluding hydrogens is 271 g/mol. The monoisotopic (exact) mass is 279 g/mol. The van der Waals surface area contributed by atoms with Crippen LogP contribution in [-0.4, -0.2) is 25.7 Å². The maximum Gasteiger partial charge on any atom is 0.417 e. The van der Waals surface area contributed by atoms with E-state index in [1.54, 1.807) is 0 Å². The van der Waals surface area contributed by atoms with Crippen molar-refractivity contribution < 1.29 is 22.7 Å². The van der Waals surface area contributed by atoms with E-state index < -0.39 is 11.7 Å². The van der Waals surface area contributed by atoms with Gasteiger partial charge in [-0.05, 0) is 18.2 Å². The van der Waals surface area contributed by atoms with Crippen LogP contribution in [0, 0.1) is 0 Å². The molecule has 0 aliphatic carbocycles. The van der Waals surface area contributed by atoms with Crippen LogP contribution in [0.25, 0.3) is 0 Å². The Morgan fingerprint density at radius 1 is 1.33 bits per heavy atom. The topological polar surface area (TPSA) is 29.5 Å². The second-order valence-electron chi connectivity index (χ2n) is 3.76. The van der Waals surface area contributed by atoms with Gasteiger partial charge < -0.3 is 9.64 Å². The summed E-state index contributed by atoms with van der Waals surface area (Å²) in [6.07, 6.45) is -4.54. The lowest BCUT2D eigenvalue weighted by Gasteiger charge is -2.27. The summed E-state index contributed by atoms with van der Waals surface area (Å²) in [4.78, 5) is 12.8. The molecule has 0 N–H and O–H groups in total. The van der Waals surface area contributed by atoms with Gasteiger partial charge in [-0.15, -0.1) is 0 Å². The molecule has 0 unspecified atom stereocenters. The van der Waals surface area contributed by atoms with Gasteiger partial charge in [-0.2, -0.15) is 13.2 Å². The molecule has 0 aromatic heterocycles. The molecule has 1 fully saturated rings. The van der Waals surface area contributed by atoms with Gasteiger partial charge >= 0.3 is 6.18 Å². The van der Waals surface area contributed by atoms with E-state index in [-0.39, 0.29) is 29.8 Å². The highest BCUT2D eigenvalue weighted by atomic mass is 35.5. The van der Waals surface area contributed by atoms with E-state index in [2.05, 4.69) is 0 Å². The van der Waals surface area contributed by atoms with Gasteiger partial charge in [0.05, 0.1) is 17.2 Å². The lowest BCUT2D eigenvalue weighted by atomic mass is 10.1. The van der Waals surface area contributed by atoms with Crippen LogP contribution >= 0.6 is 11.6 Å². The molecule has 1 aromatic rings. The normalized spacial score (nSPS) is 17.1.